The number of aliphatic hydroxyl groups excluding tert-OH is 3. The first-order valence-electron chi connectivity index (χ1n) is 10.2. The number of methoxy groups -OCH3 is 1. The van der Waals surface area contributed by atoms with Crippen LogP contribution >= 0.6 is 0 Å². The summed E-state index contributed by atoms with van der Waals surface area (Å²) < 4.78 is 5.03. The summed E-state index contributed by atoms with van der Waals surface area (Å²) in [5, 5.41) is 35.8. The van der Waals surface area contributed by atoms with E-state index in [0.29, 0.717) is 13.0 Å². The molecule has 162 valence electrons. The van der Waals surface area contributed by atoms with E-state index in [0.717, 1.165) is 44.9 Å². The Kier molecular flexibility index (Phi) is 12.0. The Hall–Kier alpha value is -1.48. The molecule has 5 atom stereocenters. The van der Waals surface area contributed by atoms with Gasteiger partial charge in [0.15, 0.2) is 6.10 Å². The summed E-state index contributed by atoms with van der Waals surface area (Å²) >= 11 is 0. The van der Waals surface area contributed by atoms with Crippen LogP contribution in [0.1, 0.15) is 58.3 Å². The van der Waals surface area contributed by atoms with Crippen molar-refractivity contribution in [3.63, 3.8) is 0 Å². The highest BCUT2D eigenvalue weighted by molar-refractivity contribution is 5.89. The summed E-state index contributed by atoms with van der Waals surface area (Å²) in [6.45, 7) is 2.69. The zero-order valence-electron chi connectivity index (χ0n) is 17.0. The van der Waals surface area contributed by atoms with Crippen molar-refractivity contribution in [2.24, 2.45) is 0 Å². The zero-order chi connectivity index (χ0) is 20.9. The fourth-order valence-electron chi connectivity index (χ4n) is 3.15. The van der Waals surface area contributed by atoms with E-state index in [1.807, 2.05) is 0 Å². The Morgan fingerprint density at radius 3 is 2.68 bits per heavy atom. The van der Waals surface area contributed by atoms with E-state index in [1.54, 1.807) is 6.08 Å². The second-order valence-electron chi connectivity index (χ2n) is 7.25. The van der Waals surface area contributed by atoms with Gasteiger partial charge in [-0.1, -0.05) is 38.3 Å². The average Bonchev–Trinajstić information content (AvgIpc) is 2.88. The van der Waals surface area contributed by atoms with Gasteiger partial charge >= 0.3 is 0 Å². The summed E-state index contributed by atoms with van der Waals surface area (Å²) in [6, 6.07) is -0.704. The Morgan fingerprint density at radius 1 is 1.25 bits per heavy atom. The summed E-state index contributed by atoms with van der Waals surface area (Å²) in [5.74, 6) is -0.978. The molecule has 0 saturated carbocycles. The van der Waals surface area contributed by atoms with Crippen LogP contribution in [0.4, 0.5) is 0 Å². The van der Waals surface area contributed by atoms with Crippen molar-refractivity contribution >= 4 is 11.8 Å². The SMILES string of the molecule is CCCCCC/C=C/[C@@H](O)[C@H](O)[C@@H](O)[C@@H](OC)C(=O)N[C@H]1CCCCNC1=O. The van der Waals surface area contributed by atoms with Crippen molar-refractivity contribution in [3.05, 3.63) is 12.2 Å². The molecule has 0 unspecified atom stereocenters. The Balaban J connectivity index is 2.56. The molecule has 1 saturated heterocycles. The molecule has 1 heterocycles. The fourth-order valence-corrected chi connectivity index (χ4v) is 3.15. The van der Waals surface area contributed by atoms with Gasteiger partial charge in [-0.25, -0.2) is 0 Å². The second kappa shape index (κ2) is 13.7. The highest BCUT2D eigenvalue weighted by atomic mass is 16.5. The van der Waals surface area contributed by atoms with E-state index < -0.39 is 36.4 Å². The lowest BCUT2D eigenvalue weighted by Gasteiger charge is -2.28. The van der Waals surface area contributed by atoms with E-state index >= 15 is 0 Å². The molecule has 0 aliphatic carbocycles. The number of nitrogens with one attached hydrogen (secondary N) is 2. The van der Waals surface area contributed by atoms with Crippen LogP contribution in [0.2, 0.25) is 0 Å². The maximum atomic E-state index is 12.4. The molecule has 5 N–H and O–H groups in total. The van der Waals surface area contributed by atoms with Crippen molar-refractivity contribution < 1.29 is 29.6 Å². The normalized spacial score (nSPS) is 22.2. The van der Waals surface area contributed by atoms with E-state index in [-0.39, 0.29) is 5.91 Å². The number of rotatable bonds is 12. The molecule has 1 fully saturated rings. The quantitative estimate of drug-likeness (QED) is 0.238. The molecule has 8 nitrogen and oxygen atoms in total. The van der Waals surface area contributed by atoms with Crippen LogP contribution in [0, 0.1) is 0 Å². The highest BCUT2D eigenvalue weighted by Gasteiger charge is 2.36. The van der Waals surface area contributed by atoms with Gasteiger partial charge in [0.05, 0.1) is 0 Å². The molecule has 0 spiro atoms. The number of aliphatic hydroxyl groups is 3. The molecule has 0 radical (unpaired) electrons. The minimum absolute atomic E-state index is 0.276. The van der Waals surface area contributed by atoms with Crippen molar-refractivity contribution in [2.75, 3.05) is 13.7 Å². The minimum Gasteiger partial charge on any atom is -0.387 e. The third kappa shape index (κ3) is 8.26. The number of allylic oxidation sites excluding steroid dienone is 1. The molecular formula is C20H36N2O6. The van der Waals surface area contributed by atoms with Gasteiger partial charge < -0.3 is 30.7 Å². The van der Waals surface area contributed by atoms with Gasteiger partial charge in [-0.15, -0.1) is 0 Å². The molecule has 0 aromatic heterocycles. The first kappa shape index (κ1) is 24.6. The maximum absolute atomic E-state index is 12.4. The van der Waals surface area contributed by atoms with Crippen LogP contribution < -0.4 is 10.6 Å². The van der Waals surface area contributed by atoms with E-state index in [2.05, 4.69) is 17.6 Å². The molecule has 0 aromatic rings. The van der Waals surface area contributed by atoms with Crippen LogP contribution in [-0.2, 0) is 14.3 Å². The Bertz CT molecular complexity index is 499. The van der Waals surface area contributed by atoms with Gasteiger partial charge in [-0.2, -0.15) is 0 Å². The summed E-state index contributed by atoms with van der Waals surface area (Å²) in [5.41, 5.74) is 0. The maximum Gasteiger partial charge on any atom is 0.252 e. The molecule has 1 aliphatic heterocycles. The number of hydrogen-bond acceptors (Lipinski definition) is 6. The predicted octanol–water partition coefficient (Wildman–Crippen LogP) is 0.396. The summed E-state index contributed by atoms with van der Waals surface area (Å²) in [4.78, 5) is 24.4. The lowest BCUT2D eigenvalue weighted by atomic mass is 10.0. The highest BCUT2D eigenvalue weighted by Crippen LogP contribution is 2.12. The lowest BCUT2D eigenvalue weighted by Crippen LogP contribution is -2.55. The van der Waals surface area contributed by atoms with Crippen LogP contribution in [-0.4, -0.2) is 71.2 Å². The first-order chi connectivity index (χ1) is 13.4. The largest absolute Gasteiger partial charge is 0.387 e. The third-order valence-electron chi connectivity index (χ3n) is 4.93. The van der Waals surface area contributed by atoms with E-state index in [1.165, 1.54) is 13.2 Å². The van der Waals surface area contributed by atoms with Gasteiger partial charge in [-0.3, -0.25) is 9.59 Å². The standard InChI is InChI=1S/C20H36N2O6/c1-3-4-5-6-7-8-12-15(23)16(24)17(25)18(28-2)20(27)22-14-11-9-10-13-21-19(14)26/h8,12,14-18,23-25H,3-7,9-11,13H2,1-2H3,(H,21,26)(H,22,27)/b12-8+/t14-,15+,16-,17+,18+/m0/s1. The molecule has 1 aliphatic rings. The lowest BCUT2D eigenvalue weighted by molar-refractivity contribution is -0.150. The summed E-state index contributed by atoms with van der Waals surface area (Å²) in [6.07, 6.45) is 4.49. The van der Waals surface area contributed by atoms with Gasteiger partial charge in [0.25, 0.3) is 5.91 Å². The van der Waals surface area contributed by atoms with Crippen molar-refractivity contribution in [2.45, 2.75) is 88.7 Å². The molecule has 2 amide bonds. The fraction of sp³-hybridized carbons (Fsp3) is 0.800. The molecule has 28 heavy (non-hydrogen) atoms. The predicted molar refractivity (Wildman–Crippen MR) is 106 cm³/mol. The van der Waals surface area contributed by atoms with Crippen LogP contribution in [0.5, 0.6) is 0 Å². The molecule has 0 bridgehead atoms. The van der Waals surface area contributed by atoms with Crippen LogP contribution in [0.25, 0.3) is 0 Å². The van der Waals surface area contributed by atoms with Gasteiger partial charge in [0, 0.05) is 13.7 Å². The molecular weight excluding hydrogens is 364 g/mol. The molecule has 8 heteroatoms. The van der Waals surface area contributed by atoms with Gasteiger partial charge in [0.1, 0.15) is 24.4 Å². The molecule has 1 rings (SSSR count). The summed E-state index contributed by atoms with van der Waals surface area (Å²) in [7, 11) is 1.23. The average molecular weight is 401 g/mol. The number of unbranched alkanes of at least 4 members (excludes halogenated alkanes) is 4. The molecule has 0 aromatic carbocycles. The zero-order valence-corrected chi connectivity index (χ0v) is 17.0. The van der Waals surface area contributed by atoms with E-state index in [4.69, 9.17) is 4.74 Å². The second-order valence-corrected chi connectivity index (χ2v) is 7.25. The topological polar surface area (TPSA) is 128 Å². The minimum atomic E-state index is -1.64. The first-order valence-corrected chi connectivity index (χ1v) is 10.2. The van der Waals surface area contributed by atoms with Gasteiger partial charge in [0.2, 0.25) is 5.91 Å². The van der Waals surface area contributed by atoms with Crippen LogP contribution in [0.3, 0.4) is 0 Å². The van der Waals surface area contributed by atoms with Crippen molar-refractivity contribution in [1.82, 2.24) is 10.6 Å². The third-order valence-corrected chi connectivity index (χ3v) is 4.93. The monoisotopic (exact) mass is 400 g/mol. The van der Waals surface area contributed by atoms with Crippen molar-refractivity contribution in [3.8, 4) is 0 Å². The number of carbonyl (C=O) groups excluding carboxylic acids is 2. The van der Waals surface area contributed by atoms with Crippen LogP contribution in [0.15, 0.2) is 12.2 Å². The smallest absolute Gasteiger partial charge is 0.252 e. The Labute approximate surface area is 167 Å². The Morgan fingerprint density at radius 2 is 2.00 bits per heavy atom. The number of ether oxygens (including phenoxy) is 1. The van der Waals surface area contributed by atoms with Crippen molar-refractivity contribution in [1.29, 1.82) is 0 Å². The number of hydrogen-bond donors (Lipinski definition) is 5. The van der Waals surface area contributed by atoms with E-state index in [9.17, 15) is 24.9 Å². The number of carbonyl (C=O) groups is 2. The number of amides is 2. The van der Waals surface area contributed by atoms with Gasteiger partial charge in [-0.05, 0) is 32.1 Å².